The number of para-hydroxylation sites is 1. The highest BCUT2D eigenvalue weighted by molar-refractivity contribution is 8.06. The highest BCUT2D eigenvalue weighted by atomic mass is 32.2. The van der Waals surface area contributed by atoms with Crippen molar-refractivity contribution in [2.75, 3.05) is 23.8 Å². The van der Waals surface area contributed by atoms with E-state index in [1.54, 1.807) is 0 Å². The smallest absolute Gasteiger partial charge is 0.137 e. The second-order valence-electron chi connectivity index (χ2n) is 5.56. The van der Waals surface area contributed by atoms with Gasteiger partial charge in [0.2, 0.25) is 0 Å². The second kappa shape index (κ2) is 7.12. The molecule has 0 bridgehead atoms. The van der Waals surface area contributed by atoms with E-state index in [0.717, 1.165) is 24.3 Å². The molecule has 0 aliphatic carbocycles. The first kappa shape index (κ1) is 15.3. The van der Waals surface area contributed by atoms with Gasteiger partial charge in [0.1, 0.15) is 11.3 Å². The predicted octanol–water partition coefficient (Wildman–Crippen LogP) is 4.63. The van der Waals surface area contributed by atoms with Gasteiger partial charge in [0, 0.05) is 27.9 Å². The standard InChI is InChI=1S/C17H23NOS2/c1-3-7-18-16(15-11-20-8-9-21-15)14-10-13-6-4-5-12(2)17(13)19-14/h4-6,10,15-16,18H,3,7-9,11H2,1-2H3. The van der Waals surface area contributed by atoms with Crippen molar-refractivity contribution in [3.05, 3.63) is 35.6 Å². The lowest BCUT2D eigenvalue weighted by molar-refractivity contribution is 0.428. The summed E-state index contributed by atoms with van der Waals surface area (Å²) in [6, 6.07) is 8.94. The van der Waals surface area contributed by atoms with E-state index in [0.29, 0.717) is 11.3 Å². The molecule has 2 atom stereocenters. The van der Waals surface area contributed by atoms with Gasteiger partial charge in [-0.15, -0.1) is 0 Å². The number of benzene rings is 1. The number of fused-ring (bicyclic) bond motifs is 1. The van der Waals surface area contributed by atoms with Gasteiger partial charge in [0.15, 0.2) is 0 Å². The van der Waals surface area contributed by atoms with Crippen LogP contribution in [0, 0.1) is 6.92 Å². The Morgan fingerprint density at radius 3 is 3.00 bits per heavy atom. The average Bonchev–Trinajstić information content (AvgIpc) is 2.94. The Hall–Kier alpha value is -0.580. The van der Waals surface area contributed by atoms with Gasteiger partial charge in [-0.2, -0.15) is 23.5 Å². The molecule has 0 saturated carbocycles. The molecule has 2 aromatic rings. The van der Waals surface area contributed by atoms with E-state index in [1.807, 2.05) is 0 Å². The van der Waals surface area contributed by atoms with Crippen molar-refractivity contribution in [3.63, 3.8) is 0 Å². The summed E-state index contributed by atoms with van der Waals surface area (Å²) in [4.78, 5) is 0. The van der Waals surface area contributed by atoms with Gasteiger partial charge >= 0.3 is 0 Å². The van der Waals surface area contributed by atoms with Crippen LogP contribution in [0.5, 0.6) is 0 Å². The van der Waals surface area contributed by atoms with E-state index < -0.39 is 0 Å². The number of thioether (sulfide) groups is 2. The number of hydrogen-bond donors (Lipinski definition) is 1. The lowest BCUT2D eigenvalue weighted by atomic mass is 10.1. The molecule has 1 saturated heterocycles. The molecule has 0 amide bonds. The zero-order valence-corrected chi connectivity index (χ0v) is 14.4. The van der Waals surface area contributed by atoms with Crippen molar-refractivity contribution in [1.82, 2.24) is 5.32 Å². The zero-order valence-electron chi connectivity index (χ0n) is 12.7. The summed E-state index contributed by atoms with van der Waals surface area (Å²) < 4.78 is 6.23. The number of hydrogen-bond acceptors (Lipinski definition) is 4. The molecule has 2 unspecified atom stereocenters. The molecule has 3 rings (SSSR count). The lowest BCUT2D eigenvalue weighted by Gasteiger charge is -2.29. The van der Waals surface area contributed by atoms with Crippen molar-refractivity contribution in [2.24, 2.45) is 0 Å². The minimum absolute atomic E-state index is 0.328. The molecule has 0 radical (unpaired) electrons. The summed E-state index contributed by atoms with van der Waals surface area (Å²) in [5.74, 6) is 4.84. The van der Waals surface area contributed by atoms with Crippen LogP contribution in [0.4, 0.5) is 0 Å². The minimum atomic E-state index is 0.328. The molecule has 2 nitrogen and oxygen atoms in total. The van der Waals surface area contributed by atoms with Crippen molar-refractivity contribution >= 4 is 34.5 Å². The zero-order chi connectivity index (χ0) is 14.7. The molecule has 0 spiro atoms. The Kier molecular flexibility index (Phi) is 5.19. The van der Waals surface area contributed by atoms with Gasteiger partial charge in [-0.05, 0) is 31.5 Å². The maximum atomic E-state index is 6.23. The molecular weight excluding hydrogens is 298 g/mol. The molecule has 1 aromatic heterocycles. The van der Waals surface area contributed by atoms with E-state index in [2.05, 4.69) is 67.0 Å². The molecule has 1 aliphatic heterocycles. The molecule has 1 fully saturated rings. The average molecular weight is 322 g/mol. The third-order valence-corrected chi connectivity index (χ3v) is 6.76. The topological polar surface area (TPSA) is 25.2 Å². The highest BCUT2D eigenvalue weighted by Crippen LogP contribution is 2.36. The number of nitrogens with one attached hydrogen (secondary N) is 1. The number of aryl methyl sites for hydroxylation is 1. The van der Waals surface area contributed by atoms with E-state index >= 15 is 0 Å². The lowest BCUT2D eigenvalue weighted by Crippen LogP contribution is -2.33. The maximum Gasteiger partial charge on any atom is 0.137 e. The molecule has 21 heavy (non-hydrogen) atoms. The van der Waals surface area contributed by atoms with Crippen molar-refractivity contribution < 1.29 is 4.42 Å². The Labute approximate surface area is 135 Å². The van der Waals surface area contributed by atoms with Crippen LogP contribution in [-0.2, 0) is 0 Å². The fraction of sp³-hybridized carbons (Fsp3) is 0.529. The quantitative estimate of drug-likeness (QED) is 0.868. The first-order chi connectivity index (χ1) is 10.3. The van der Waals surface area contributed by atoms with Gasteiger partial charge in [-0.1, -0.05) is 25.1 Å². The van der Waals surface area contributed by atoms with E-state index in [9.17, 15) is 0 Å². The summed E-state index contributed by atoms with van der Waals surface area (Å²) in [5, 5.41) is 5.54. The van der Waals surface area contributed by atoms with Crippen LogP contribution in [0.15, 0.2) is 28.7 Å². The fourth-order valence-corrected chi connectivity index (χ4v) is 5.64. The van der Waals surface area contributed by atoms with Crippen LogP contribution < -0.4 is 5.32 Å². The van der Waals surface area contributed by atoms with Gasteiger partial charge in [0.05, 0.1) is 6.04 Å². The van der Waals surface area contributed by atoms with E-state index in [-0.39, 0.29) is 0 Å². The Balaban J connectivity index is 1.90. The predicted molar refractivity (Wildman–Crippen MR) is 95.6 cm³/mol. The number of rotatable bonds is 5. The van der Waals surface area contributed by atoms with Crippen molar-refractivity contribution in [3.8, 4) is 0 Å². The first-order valence-electron chi connectivity index (χ1n) is 7.71. The van der Waals surface area contributed by atoms with E-state index in [4.69, 9.17) is 4.42 Å². The van der Waals surface area contributed by atoms with Crippen LogP contribution >= 0.6 is 23.5 Å². The van der Waals surface area contributed by atoms with Crippen LogP contribution in [0.1, 0.15) is 30.7 Å². The molecular formula is C17H23NOS2. The van der Waals surface area contributed by atoms with Crippen molar-refractivity contribution in [1.29, 1.82) is 0 Å². The van der Waals surface area contributed by atoms with Crippen molar-refractivity contribution in [2.45, 2.75) is 31.6 Å². The molecule has 2 heterocycles. The normalized spacial score (nSPS) is 20.8. The van der Waals surface area contributed by atoms with Crippen LogP contribution in [0.25, 0.3) is 11.0 Å². The van der Waals surface area contributed by atoms with Gasteiger partial charge in [-0.3, -0.25) is 0 Å². The summed E-state index contributed by atoms with van der Waals surface area (Å²) in [6.45, 7) is 5.38. The molecule has 1 aromatic carbocycles. The van der Waals surface area contributed by atoms with E-state index in [1.165, 1.54) is 28.2 Å². The Morgan fingerprint density at radius 2 is 2.29 bits per heavy atom. The number of furan rings is 1. The Morgan fingerprint density at radius 1 is 1.38 bits per heavy atom. The summed E-state index contributed by atoms with van der Waals surface area (Å²) in [5.41, 5.74) is 2.27. The molecule has 1 N–H and O–H groups in total. The largest absolute Gasteiger partial charge is 0.459 e. The first-order valence-corrected chi connectivity index (χ1v) is 9.91. The highest BCUT2D eigenvalue weighted by Gasteiger charge is 2.28. The summed E-state index contributed by atoms with van der Waals surface area (Å²) in [7, 11) is 0. The maximum absolute atomic E-state index is 6.23. The van der Waals surface area contributed by atoms with Crippen LogP contribution in [0.3, 0.4) is 0 Å². The molecule has 114 valence electrons. The minimum Gasteiger partial charge on any atom is -0.459 e. The fourth-order valence-electron chi connectivity index (χ4n) is 2.80. The van der Waals surface area contributed by atoms with Crippen LogP contribution in [0.2, 0.25) is 0 Å². The summed E-state index contributed by atoms with van der Waals surface area (Å²) in [6.07, 6.45) is 1.15. The third-order valence-electron chi connectivity index (χ3n) is 3.89. The van der Waals surface area contributed by atoms with Gasteiger partial charge < -0.3 is 9.73 Å². The van der Waals surface area contributed by atoms with Gasteiger partial charge in [0.25, 0.3) is 0 Å². The third kappa shape index (κ3) is 3.43. The molecule has 1 aliphatic rings. The Bertz CT molecular complexity index is 589. The monoisotopic (exact) mass is 321 g/mol. The SMILES string of the molecule is CCCNC(c1cc2cccc(C)c2o1)C1CSCCS1. The summed E-state index contributed by atoms with van der Waals surface area (Å²) >= 11 is 4.15. The molecule has 4 heteroatoms. The van der Waals surface area contributed by atoms with Gasteiger partial charge in [-0.25, -0.2) is 0 Å². The van der Waals surface area contributed by atoms with Crippen LogP contribution in [-0.4, -0.2) is 29.1 Å². The second-order valence-corrected chi connectivity index (χ2v) is 8.05.